The predicted octanol–water partition coefficient (Wildman–Crippen LogP) is 5.85. The van der Waals surface area contributed by atoms with Gasteiger partial charge in [-0.2, -0.15) is 0 Å². The quantitative estimate of drug-likeness (QED) is 0.308. The maximum Gasteiger partial charge on any atom is 0.193 e. The van der Waals surface area contributed by atoms with Crippen molar-refractivity contribution in [2.75, 3.05) is 18.5 Å². The summed E-state index contributed by atoms with van der Waals surface area (Å²) in [6, 6.07) is 15.3. The second-order valence-electron chi connectivity index (χ2n) is 9.25. The minimum atomic E-state index is 0.00653. The van der Waals surface area contributed by atoms with Crippen molar-refractivity contribution in [1.29, 1.82) is 0 Å². The van der Waals surface area contributed by atoms with Gasteiger partial charge in [-0.05, 0) is 54.6 Å². The van der Waals surface area contributed by atoms with E-state index >= 15 is 0 Å². The molecule has 0 saturated heterocycles. The minimum absolute atomic E-state index is 0.00653. The molecule has 0 aliphatic heterocycles. The lowest BCUT2D eigenvalue weighted by molar-refractivity contribution is 0.0574. The van der Waals surface area contributed by atoms with E-state index in [1.165, 1.54) is 31.2 Å². The van der Waals surface area contributed by atoms with Gasteiger partial charge in [-0.25, -0.2) is 0 Å². The number of thiocarbonyl (C=S) groups is 1. The Bertz CT molecular complexity index is 881. The van der Waals surface area contributed by atoms with Gasteiger partial charge in [-0.1, -0.05) is 70.0 Å². The molecule has 0 heterocycles. The highest BCUT2D eigenvalue weighted by Gasteiger charge is 2.16. The molecule has 0 radical (unpaired) electrons. The second kappa shape index (κ2) is 10.9. The highest BCUT2D eigenvalue weighted by atomic mass is 32.1. The van der Waals surface area contributed by atoms with Gasteiger partial charge < -0.3 is 15.4 Å². The summed E-state index contributed by atoms with van der Waals surface area (Å²) in [6.45, 7) is 8.02. The molecule has 1 saturated carbocycles. The Morgan fingerprint density at radius 1 is 1.06 bits per heavy atom. The number of anilines is 1. The third kappa shape index (κ3) is 7.15. The number of rotatable bonds is 8. The smallest absolute Gasteiger partial charge is 0.193 e. The van der Waals surface area contributed by atoms with E-state index in [2.05, 4.69) is 31.4 Å². The molecular formula is C26H34N2O2S. The molecule has 0 atom stereocenters. The SMILES string of the molecule is CC(C)(C)c1ccc(C(=O)c2cccc(NC(=S)NCCCOC3CCCC3)c2)cc1. The number of hydrogen-bond donors (Lipinski definition) is 2. The standard InChI is InChI=1S/C26H34N2O2S/c1-26(2,3)21-14-12-19(13-15-21)24(29)20-8-6-9-22(18-20)28-25(31)27-16-7-17-30-23-10-4-5-11-23/h6,8-9,12-15,18,23H,4-5,7,10-11,16-17H2,1-3H3,(H2,27,28,31). The first-order chi connectivity index (χ1) is 14.8. The maximum absolute atomic E-state index is 12.9. The van der Waals surface area contributed by atoms with Crippen molar-refractivity contribution in [3.8, 4) is 0 Å². The molecule has 3 rings (SSSR count). The van der Waals surface area contributed by atoms with Gasteiger partial charge in [0.1, 0.15) is 0 Å². The number of ether oxygens (including phenoxy) is 1. The molecular weight excluding hydrogens is 404 g/mol. The molecule has 1 aliphatic rings. The first-order valence-corrected chi connectivity index (χ1v) is 11.7. The summed E-state index contributed by atoms with van der Waals surface area (Å²) < 4.78 is 5.87. The number of carbonyl (C=O) groups excluding carboxylic acids is 1. The van der Waals surface area contributed by atoms with E-state index in [1.807, 2.05) is 48.5 Å². The molecule has 166 valence electrons. The summed E-state index contributed by atoms with van der Waals surface area (Å²) in [5.74, 6) is 0.00653. The summed E-state index contributed by atoms with van der Waals surface area (Å²) in [7, 11) is 0. The molecule has 1 aliphatic carbocycles. The van der Waals surface area contributed by atoms with Crippen LogP contribution in [0.1, 0.15) is 74.4 Å². The van der Waals surface area contributed by atoms with Gasteiger partial charge in [0.05, 0.1) is 6.10 Å². The maximum atomic E-state index is 12.9. The molecule has 4 nitrogen and oxygen atoms in total. The van der Waals surface area contributed by atoms with E-state index < -0.39 is 0 Å². The zero-order valence-corrected chi connectivity index (χ0v) is 19.7. The van der Waals surface area contributed by atoms with Crippen LogP contribution in [0.15, 0.2) is 48.5 Å². The van der Waals surface area contributed by atoms with Gasteiger partial charge >= 0.3 is 0 Å². The number of ketones is 1. The van der Waals surface area contributed by atoms with Crippen LogP contribution in [0.5, 0.6) is 0 Å². The predicted molar refractivity (Wildman–Crippen MR) is 132 cm³/mol. The minimum Gasteiger partial charge on any atom is -0.378 e. The lowest BCUT2D eigenvalue weighted by Gasteiger charge is -2.19. The van der Waals surface area contributed by atoms with Gasteiger partial charge in [0, 0.05) is 30.0 Å². The summed E-state index contributed by atoms with van der Waals surface area (Å²) >= 11 is 5.40. The van der Waals surface area contributed by atoms with E-state index in [-0.39, 0.29) is 11.2 Å². The van der Waals surface area contributed by atoms with Crippen molar-refractivity contribution in [2.24, 2.45) is 0 Å². The third-order valence-corrected chi connectivity index (χ3v) is 5.90. The molecule has 0 spiro atoms. The van der Waals surface area contributed by atoms with Crippen molar-refractivity contribution in [3.63, 3.8) is 0 Å². The largest absolute Gasteiger partial charge is 0.378 e. The second-order valence-corrected chi connectivity index (χ2v) is 9.66. The van der Waals surface area contributed by atoms with Crippen LogP contribution >= 0.6 is 12.2 Å². The fraction of sp³-hybridized carbons (Fsp3) is 0.462. The van der Waals surface area contributed by atoms with Crippen LogP contribution in [0.4, 0.5) is 5.69 Å². The van der Waals surface area contributed by atoms with Gasteiger partial charge in [-0.3, -0.25) is 4.79 Å². The number of hydrogen-bond acceptors (Lipinski definition) is 3. The van der Waals surface area contributed by atoms with Crippen LogP contribution in [0.25, 0.3) is 0 Å². The highest BCUT2D eigenvalue weighted by molar-refractivity contribution is 7.80. The normalized spacial score (nSPS) is 14.4. The van der Waals surface area contributed by atoms with E-state index in [9.17, 15) is 4.79 Å². The molecule has 0 unspecified atom stereocenters. The molecule has 0 amide bonds. The monoisotopic (exact) mass is 438 g/mol. The number of benzene rings is 2. The van der Waals surface area contributed by atoms with Crippen LogP contribution in [0.3, 0.4) is 0 Å². The van der Waals surface area contributed by atoms with Crippen molar-refractivity contribution in [3.05, 3.63) is 65.2 Å². The van der Waals surface area contributed by atoms with Crippen LogP contribution in [0, 0.1) is 0 Å². The molecule has 31 heavy (non-hydrogen) atoms. The molecule has 0 bridgehead atoms. The molecule has 5 heteroatoms. The Hall–Kier alpha value is -2.24. The van der Waals surface area contributed by atoms with Crippen molar-refractivity contribution in [2.45, 2.75) is 64.4 Å². The topological polar surface area (TPSA) is 50.4 Å². The number of carbonyl (C=O) groups is 1. The van der Waals surface area contributed by atoms with Crippen LogP contribution in [-0.4, -0.2) is 30.2 Å². The Balaban J connectivity index is 1.48. The first-order valence-electron chi connectivity index (χ1n) is 11.2. The van der Waals surface area contributed by atoms with Crippen LogP contribution < -0.4 is 10.6 Å². The fourth-order valence-corrected chi connectivity index (χ4v) is 4.00. The van der Waals surface area contributed by atoms with E-state index in [1.54, 1.807) is 0 Å². The molecule has 0 aromatic heterocycles. The Morgan fingerprint density at radius 2 is 1.77 bits per heavy atom. The lowest BCUT2D eigenvalue weighted by Crippen LogP contribution is -2.30. The zero-order chi connectivity index (χ0) is 22.3. The summed E-state index contributed by atoms with van der Waals surface area (Å²) in [5, 5.41) is 6.95. The van der Waals surface area contributed by atoms with Gasteiger partial charge in [0.2, 0.25) is 0 Å². The average Bonchev–Trinajstić information content (AvgIpc) is 3.26. The molecule has 1 fully saturated rings. The third-order valence-electron chi connectivity index (χ3n) is 5.66. The molecule has 2 N–H and O–H groups in total. The number of nitrogens with one attached hydrogen (secondary N) is 2. The van der Waals surface area contributed by atoms with Crippen molar-refractivity contribution >= 4 is 28.8 Å². The van der Waals surface area contributed by atoms with Crippen molar-refractivity contribution < 1.29 is 9.53 Å². The molecule has 2 aromatic carbocycles. The molecule has 2 aromatic rings. The highest BCUT2D eigenvalue weighted by Crippen LogP contribution is 2.23. The van der Waals surface area contributed by atoms with Crippen molar-refractivity contribution in [1.82, 2.24) is 5.32 Å². The van der Waals surface area contributed by atoms with Gasteiger partial charge in [0.25, 0.3) is 0 Å². The Morgan fingerprint density at radius 3 is 2.45 bits per heavy atom. The van der Waals surface area contributed by atoms with E-state index in [4.69, 9.17) is 17.0 Å². The summed E-state index contributed by atoms with van der Waals surface area (Å²) in [4.78, 5) is 12.9. The van der Waals surface area contributed by atoms with E-state index in [0.29, 0.717) is 22.3 Å². The fourth-order valence-electron chi connectivity index (χ4n) is 3.78. The van der Waals surface area contributed by atoms with Gasteiger partial charge in [0.15, 0.2) is 10.9 Å². The van der Waals surface area contributed by atoms with Gasteiger partial charge in [-0.15, -0.1) is 0 Å². The first kappa shape index (κ1) is 23.4. The summed E-state index contributed by atoms with van der Waals surface area (Å²) in [5.41, 5.74) is 3.41. The lowest BCUT2D eigenvalue weighted by atomic mass is 9.86. The Labute approximate surface area is 191 Å². The summed E-state index contributed by atoms with van der Waals surface area (Å²) in [6.07, 6.45) is 6.35. The van der Waals surface area contributed by atoms with E-state index in [0.717, 1.165) is 25.3 Å². The average molecular weight is 439 g/mol. The van der Waals surface area contributed by atoms with Crippen LogP contribution in [-0.2, 0) is 10.2 Å². The van der Waals surface area contributed by atoms with Crippen LogP contribution in [0.2, 0.25) is 0 Å². The zero-order valence-electron chi connectivity index (χ0n) is 18.9. The Kier molecular flexibility index (Phi) is 8.22.